The van der Waals surface area contributed by atoms with Gasteiger partial charge in [0.15, 0.2) is 0 Å². The summed E-state index contributed by atoms with van der Waals surface area (Å²) in [6.07, 6.45) is 0.999. The SMILES string of the molecule is CC(C)(C)c1ccc(CCC(=O)NCCS(=O)(=O)N2CCOCC2)cc1. The molecule has 1 aromatic carbocycles. The minimum Gasteiger partial charge on any atom is -0.379 e. The largest absolute Gasteiger partial charge is 0.379 e. The highest BCUT2D eigenvalue weighted by Crippen LogP contribution is 2.22. The fraction of sp³-hybridized carbons (Fsp3) is 0.632. The fourth-order valence-electron chi connectivity index (χ4n) is 2.79. The molecular weight excluding hydrogens is 352 g/mol. The monoisotopic (exact) mass is 382 g/mol. The van der Waals surface area contributed by atoms with Gasteiger partial charge in [-0.25, -0.2) is 8.42 Å². The summed E-state index contributed by atoms with van der Waals surface area (Å²) in [6.45, 7) is 8.28. The molecule has 2 rings (SSSR count). The molecule has 0 bridgehead atoms. The number of ether oxygens (including phenoxy) is 1. The quantitative estimate of drug-likeness (QED) is 0.779. The third-order valence-electron chi connectivity index (χ3n) is 4.51. The summed E-state index contributed by atoms with van der Waals surface area (Å²) in [4.78, 5) is 12.0. The minimum atomic E-state index is -3.33. The molecular formula is C19H30N2O4S. The number of carbonyl (C=O) groups is 1. The number of carbonyl (C=O) groups excluding carboxylic acids is 1. The van der Waals surface area contributed by atoms with Crippen molar-refractivity contribution in [1.82, 2.24) is 9.62 Å². The molecule has 6 nitrogen and oxygen atoms in total. The molecule has 0 atom stereocenters. The highest BCUT2D eigenvalue weighted by Gasteiger charge is 2.23. The molecule has 7 heteroatoms. The lowest BCUT2D eigenvalue weighted by molar-refractivity contribution is -0.120. The van der Waals surface area contributed by atoms with Crippen molar-refractivity contribution in [2.75, 3.05) is 38.6 Å². The fourth-order valence-corrected chi connectivity index (χ4v) is 4.11. The van der Waals surface area contributed by atoms with Gasteiger partial charge in [-0.3, -0.25) is 4.79 Å². The van der Waals surface area contributed by atoms with Crippen LogP contribution >= 0.6 is 0 Å². The molecule has 1 fully saturated rings. The van der Waals surface area contributed by atoms with Crippen LogP contribution in [0.1, 0.15) is 38.3 Å². The molecule has 26 heavy (non-hydrogen) atoms. The van der Waals surface area contributed by atoms with Crippen molar-refractivity contribution in [1.29, 1.82) is 0 Å². The van der Waals surface area contributed by atoms with Crippen LogP contribution in [0.4, 0.5) is 0 Å². The molecule has 1 aromatic rings. The Balaban J connectivity index is 1.72. The van der Waals surface area contributed by atoms with Crippen LogP contribution in [-0.4, -0.2) is 57.2 Å². The first-order chi connectivity index (χ1) is 12.2. The average Bonchev–Trinajstić information content (AvgIpc) is 2.60. The molecule has 0 saturated carbocycles. The van der Waals surface area contributed by atoms with Crippen molar-refractivity contribution in [3.05, 3.63) is 35.4 Å². The van der Waals surface area contributed by atoms with Gasteiger partial charge in [0, 0.05) is 26.1 Å². The van der Waals surface area contributed by atoms with E-state index in [2.05, 4.69) is 50.4 Å². The summed E-state index contributed by atoms with van der Waals surface area (Å²) in [7, 11) is -3.33. The Morgan fingerprint density at radius 1 is 1.15 bits per heavy atom. The van der Waals surface area contributed by atoms with Gasteiger partial charge in [-0.2, -0.15) is 4.31 Å². The second-order valence-corrected chi connectivity index (χ2v) is 9.71. The first-order valence-corrected chi connectivity index (χ1v) is 10.7. The van der Waals surface area contributed by atoms with Crippen LogP contribution in [0, 0.1) is 0 Å². The van der Waals surface area contributed by atoms with Gasteiger partial charge in [-0.15, -0.1) is 0 Å². The number of benzene rings is 1. The van der Waals surface area contributed by atoms with Gasteiger partial charge >= 0.3 is 0 Å². The first kappa shape index (κ1) is 20.9. The molecule has 0 aromatic heterocycles. The third-order valence-corrected chi connectivity index (χ3v) is 6.38. The summed E-state index contributed by atoms with van der Waals surface area (Å²) < 4.78 is 30.9. The zero-order valence-corrected chi connectivity index (χ0v) is 16.8. The Morgan fingerprint density at radius 2 is 1.77 bits per heavy atom. The van der Waals surface area contributed by atoms with Crippen LogP contribution in [0.15, 0.2) is 24.3 Å². The molecule has 1 N–H and O–H groups in total. The van der Waals surface area contributed by atoms with Gasteiger partial charge in [0.2, 0.25) is 15.9 Å². The lowest BCUT2D eigenvalue weighted by Gasteiger charge is -2.26. The molecule has 1 aliphatic heterocycles. The normalized spacial score (nSPS) is 16.4. The van der Waals surface area contributed by atoms with Crippen LogP contribution in [0.25, 0.3) is 0 Å². The standard InChI is InChI=1S/C19H30N2O4S/c1-19(2,3)17-7-4-16(5-8-17)6-9-18(22)20-10-15-26(23,24)21-11-13-25-14-12-21/h4-5,7-8H,6,9-15H2,1-3H3,(H,20,22). The number of sulfonamides is 1. The van der Waals surface area contributed by atoms with E-state index in [1.54, 1.807) is 0 Å². The average molecular weight is 383 g/mol. The maximum Gasteiger partial charge on any atom is 0.220 e. The zero-order valence-electron chi connectivity index (χ0n) is 16.0. The Bertz CT molecular complexity index is 687. The summed E-state index contributed by atoms with van der Waals surface area (Å²) in [6, 6.07) is 8.30. The van der Waals surface area contributed by atoms with E-state index >= 15 is 0 Å². The van der Waals surface area contributed by atoms with E-state index in [0.29, 0.717) is 39.1 Å². The van der Waals surface area contributed by atoms with Gasteiger partial charge in [-0.1, -0.05) is 45.0 Å². The predicted molar refractivity (Wildman–Crippen MR) is 103 cm³/mol. The van der Waals surface area contributed by atoms with E-state index in [9.17, 15) is 13.2 Å². The highest BCUT2D eigenvalue weighted by atomic mass is 32.2. The van der Waals surface area contributed by atoms with Crippen molar-refractivity contribution in [3.63, 3.8) is 0 Å². The third kappa shape index (κ3) is 6.37. The van der Waals surface area contributed by atoms with E-state index in [0.717, 1.165) is 5.56 Å². The number of morpholine rings is 1. The molecule has 1 amide bonds. The number of nitrogens with zero attached hydrogens (tertiary/aromatic N) is 1. The smallest absolute Gasteiger partial charge is 0.220 e. The molecule has 1 saturated heterocycles. The summed E-state index contributed by atoms with van der Waals surface area (Å²) in [5.74, 6) is -0.193. The summed E-state index contributed by atoms with van der Waals surface area (Å²) in [5.41, 5.74) is 2.48. The van der Waals surface area contributed by atoms with Crippen LogP contribution in [0.5, 0.6) is 0 Å². The van der Waals surface area contributed by atoms with Crippen LogP contribution < -0.4 is 5.32 Å². The molecule has 0 unspecified atom stereocenters. The Labute approximate surface area is 157 Å². The van der Waals surface area contributed by atoms with Crippen molar-refractivity contribution >= 4 is 15.9 Å². The van der Waals surface area contributed by atoms with Gasteiger partial charge in [0.05, 0.1) is 19.0 Å². The topological polar surface area (TPSA) is 75.7 Å². The number of nitrogens with one attached hydrogen (secondary N) is 1. The Hall–Kier alpha value is -1.44. The Kier molecular flexibility index (Phi) is 7.20. The lowest BCUT2D eigenvalue weighted by Crippen LogP contribution is -2.43. The first-order valence-electron chi connectivity index (χ1n) is 9.10. The minimum absolute atomic E-state index is 0.0704. The molecule has 0 aliphatic carbocycles. The second-order valence-electron chi connectivity index (χ2n) is 7.62. The van der Waals surface area contributed by atoms with Crippen molar-refractivity contribution < 1.29 is 17.9 Å². The van der Waals surface area contributed by atoms with E-state index < -0.39 is 10.0 Å². The van der Waals surface area contributed by atoms with Gasteiger partial charge < -0.3 is 10.1 Å². The maximum absolute atomic E-state index is 12.2. The number of hydrogen-bond acceptors (Lipinski definition) is 4. The number of hydrogen-bond donors (Lipinski definition) is 1. The second kappa shape index (κ2) is 8.97. The van der Waals surface area contributed by atoms with Gasteiger partial charge in [-0.05, 0) is 23.0 Å². The van der Waals surface area contributed by atoms with Crippen molar-refractivity contribution in [3.8, 4) is 0 Å². The highest BCUT2D eigenvalue weighted by molar-refractivity contribution is 7.89. The van der Waals surface area contributed by atoms with Gasteiger partial charge in [0.1, 0.15) is 0 Å². The molecule has 1 aliphatic rings. The van der Waals surface area contributed by atoms with E-state index in [1.165, 1.54) is 9.87 Å². The van der Waals surface area contributed by atoms with E-state index in [4.69, 9.17) is 4.74 Å². The number of aryl methyl sites for hydroxylation is 1. The number of amides is 1. The number of rotatable bonds is 7. The van der Waals surface area contributed by atoms with Crippen LogP contribution in [0.2, 0.25) is 0 Å². The zero-order chi connectivity index (χ0) is 19.2. The molecule has 146 valence electrons. The van der Waals surface area contributed by atoms with Crippen LogP contribution in [-0.2, 0) is 31.4 Å². The van der Waals surface area contributed by atoms with Crippen molar-refractivity contribution in [2.45, 2.75) is 39.0 Å². The van der Waals surface area contributed by atoms with Crippen LogP contribution in [0.3, 0.4) is 0 Å². The predicted octanol–water partition coefficient (Wildman–Crippen LogP) is 1.69. The molecule has 0 spiro atoms. The summed E-state index contributed by atoms with van der Waals surface area (Å²) in [5, 5.41) is 2.71. The lowest BCUT2D eigenvalue weighted by atomic mass is 9.86. The van der Waals surface area contributed by atoms with E-state index in [-0.39, 0.29) is 23.6 Å². The van der Waals surface area contributed by atoms with Gasteiger partial charge in [0.25, 0.3) is 0 Å². The molecule has 1 heterocycles. The maximum atomic E-state index is 12.2. The molecule has 0 radical (unpaired) electrons. The van der Waals surface area contributed by atoms with E-state index in [1.807, 2.05) is 0 Å². The summed E-state index contributed by atoms with van der Waals surface area (Å²) >= 11 is 0. The Morgan fingerprint density at radius 3 is 2.35 bits per heavy atom. The van der Waals surface area contributed by atoms with Crippen molar-refractivity contribution in [2.24, 2.45) is 0 Å².